The van der Waals surface area contributed by atoms with Crippen molar-refractivity contribution in [3.05, 3.63) is 75.3 Å². The third-order valence-electron chi connectivity index (χ3n) is 7.86. The molecule has 3 aliphatic rings. The number of rotatable bonds is 5. The molecule has 2 fully saturated rings. The molecule has 0 spiro atoms. The Labute approximate surface area is 205 Å². The Kier molecular flexibility index (Phi) is 6.81. The van der Waals surface area contributed by atoms with Crippen molar-refractivity contribution in [1.82, 2.24) is 14.7 Å². The molecule has 0 unspecified atom stereocenters. The van der Waals surface area contributed by atoms with E-state index in [1.54, 1.807) is 4.90 Å². The molecule has 35 heavy (non-hydrogen) atoms. The average Bonchev–Trinajstić information content (AvgIpc) is 3.43. The van der Waals surface area contributed by atoms with E-state index in [1.807, 2.05) is 11.0 Å². The van der Waals surface area contributed by atoms with Crippen LogP contribution in [0.2, 0.25) is 0 Å². The molecular weight excluding hydrogens is 444 g/mol. The van der Waals surface area contributed by atoms with Crippen molar-refractivity contribution in [2.75, 3.05) is 32.7 Å². The zero-order valence-corrected chi connectivity index (χ0v) is 20.0. The van der Waals surface area contributed by atoms with E-state index in [4.69, 9.17) is 0 Å². The van der Waals surface area contributed by atoms with Crippen LogP contribution >= 0.6 is 0 Å². The third-order valence-corrected chi connectivity index (χ3v) is 7.86. The number of nitro groups is 1. The van der Waals surface area contributed by atoms with Crippen LogP contribution in [0.15, 0.2) is 48.5 Å². The van der Waals surface area contributed by atoms with Crippen molar-refractivity contribution in [2.24, 2.45) is 5.92 Å². The van der Waals surface area contributed by atoms with Crippen LogP contribution in [0, 0.1) is 16.0 Å². The summed E-state index contributed by atoms with van der Waals surface area (Å²) in [4.78, 5) is 43.4. The second-order valence-electron chi connectivity index (χ2n) is 9.90. The predicted octanol–water partition coefficient (Wildman–Crippen LogP) is 3.50. The number of amides is 2. The number of non-ortho nitro benzene ring substituents is 1. The fourth-order valence-corrected chi connectivity index (χ4v) is 5.91. The minimum atomic E-state index is -0.464. The molecule has 8 heteroatoms. The van der Waals surface area contributed by atoms with Gasteiger partial charge in [0.25, 0.3) is 11.6 Å². The van der Waals surface area contributed by atoms with Crippen LogP contribution in [0.25, 0.3) is 0 Å². The quantitative estimate of drug-likeness (QED) is 0.487. The standard InChI is InChI=1S/C27H32N4O4/c32-26(22-9-11-24(12-10-22)31(34)35)29-17-15-28(16-18-29)25(21-6-2-3-7-21)27(33)30-14-13-20-5-1-4-8-23(20)19-30/h1,4-5,8-12,21,25H,2-3,6-7,13-19H2/t25-/m1/s1. The van der Waals surface area contributed by atoms with E-state index in [1.165, 1.54) is 48.2 Å². The Morgan fingerprint density at radius 2 is 1.51 bits per heavy atom. The number of fused-ring (bicyclic) bond motifs is 1. The SMILES string of the molecule is O=C(c1ccc([N+](=O)[O-])cc1)N1CCN([C@@H](C(=O)N2CCc3ccccc3C2)C2CCCC2)CC1. The van der Waals surface area contributed by atoms with Gasteiger partial charge in [-0.25, -0.2) is 0 Å². The second-order valence-corrected chi connectivity index (χ2v) is 9.90. The summed E-state index contributed by atoms with van der Waals surface area (Å²) in [5.41, 5.74) is 3.02. The molecule has 2 heterocycles. The third kappa shape index (κ3) is 4.93. The number of hydrogen-bond acceptors (Lipinski definition) is 5. The van der Waals surface area contributed by atoms with E-state index in [9.17, 15) is 19.7 Å². The van der Waals surface area contributed by atoms with E-state index in [0.717, 1.165) is 25.8 Å². The summed E-state index contributed by atoms with van der Waals surface area (Å²) < 4.78 is 0. The molecule has 2 aromatic carbocycles. The molecule has 1 atom stereocenters. The zero-order chi connectivity index (χ0) is 24.4. The number of carbonyl (C=O) groups excluding carboxylic acids is 2. The van der Waals surface area contributed by atoms with Crippen molar-refractivity contribution >= 4 is 17.5 Å². The van der Waals surface area contributed by atoms with E-state index >= 15 is 0 Å². The van der Waals surface area contributed by atoms with Crippen molar-refractivity contribution in [3.8, 4) is 0 Å². The summed E-state index contributed by atoms with van der Waals surface area (Å²) in [5.74, 6) is 0.495. The molecule has 0 bridgehead atoms. The second kappa shape index (κ2) is 10.2. The minimum Gasteiger partial charge on any atom is -0.337 e. The molecule has 0 radical (unpaired) electrons. The lowest BCUT2D eigenvalue weighted by Crippen LogP contribution is -2.58. The fourth-order valence-electron chi connectivity index (χ4n) is 5.91. The van der Waals surface area contributed by atoms with Gasteiger partial charge in [-0.1, -0.05) is 37.1 Å². The van der Waals surface area contributed by atoms with Gasteiger partial charge < -0.3 is 9.80 Å². The first-order chi connectivity index (χ1) is 17.0. The van der Waals surface area contributed by atoms with Crippen molar-refractivity contribution < 1.29 is 14.5 Å². The molecule has 1 saturated heterocycles. The topological polar surface area (TPSA) is 87.0 Å². The van der Waals surface area contributed by atoms with E-state index in [0.29, 0.717) is 44.2 Å². The molecular formula is C27H32N4O4. The Hall–Kier alpha value is -3.26. The lowest BCUT2D eigenvalue weighted by molar-refractivity contribution is -0.384. The highest BCUT2D eigenvalue weighted by Crippen LogP contribution is 2.33. The highest BCUT2D eigenvalue weighted by molar-refractivity contribution is 5.94. The molecule has 0 aromatic heterocycles. The summed E-state index contributed by atoms with van der Waals surface area (Å²) in [6, 6.07) is 14.0. The van der Waals surface area contributed by atoms with E-state index in [-0.39, 0.29) is 23.5 Å². The molecule has 5 rings (SSSR count). The van der Waals surface area contributed by atoms with E-state index < -0.39 is 4.92 Å². The predicted molar refractivity (Wildman–Crippen MR) is 132 cm³/mol. The summed E-state index contributed by atoms with van der Waals surface area (Å²) in [7, 11) is 0. The monoisotopic (exact) mass is 476 g/mol. The van der Waals surface area contributed by atoms with Crippen LogP contribution in [0.1, 0.15) is 47.2 Å². The zero-order valence-electron chi connectivity index (χ0n) is 20.0. The first-order valence-electron chi connectivity index (χ1n) is 12.6. The van der Waals surface area contributed by atoms with Gasteiger partial charge in [-0.05, 0) is 48.4 Å². The molecule has 184 valence electrons. The van der Waals surface area contributed by atoms with Gasteiger partial charge in [0, 0.05) is 57.0 Å². The van der Waals surface area contributed by atoms with Gasteiger partial charge in [0.05, 0.1) is 11.0 Å². The summed E-state index contributed by atoms with van der Waals surface area (Å²) in [6.07, 6.45) is 5.42. The minimum absolute atomic E-state index is 0.0235. The van der Waals surface area contributed by atoms with Crippen LogP contribution in [0.4, 0.5) is 5.69 Å². The summed E-state index contributed by atoms with van der Waals surface area (Å²) in [6.45, 7) is 3.87. The maximum atomic E-state index is 13.9. The fraction of sp³-hybridized carbons (Fsp3) is 0.481. The first kappa shape index (κ1) is 23.5. The smallest absolute Gasteiger partial charge is 0.269 e. The van der Waals surface area contributed by atoms with Gasteiger partial charge in [-0.2, -0.15) is 0 Å². The highest BCUT2D eigenvalue weighted by Gasteiger charge is 2.40. The van der Waals surface area contributed by atoms with Crippen LogP contribution in [-0.2, 0) is 17.8 Å². The van der Waals surface area contributed by atoms with Gasteiger partial charge in [-0.15, -0.1) is 0 Å². The molecule has 2 aliphatic heterocycles. The molecule has 1 aliphatic carbocycles. The Morgan fingerprint density at radius 3 is 2.17 bits per heavy atom. The Bertz CT molecular complexity index is 1090. The Morgan fingerprint density at radius 1 is 0.857 bits per heavy atom. The number of benzene rings is 2. The van der Waals surface area contributed by atoms with Gasteiger partial charge in [0.15, 0.2) is 0 Å². The van der Waals surface area contributed by atoms with Crippen LogP contribution in [-0.4, -0.2) is 70.2 Å². The number of hydrogen-bond donors (Lipinski definition) is 0. The largest absolute Gasteiger partial charge is 0.337 e. The highest BCUT2D eigenvalue weighted by atomic mass is 16.6. The molecule has 0 N–H and O–H groups in total. The van der Waals surface area contributed by atoms with E-state index in [2.05, 4.69) is 23.1 Å². The van der Waals surface area contributed by atoms with Gasteiger partial charge in [-0.3, -0.25) is 24.6 Å². The molecule has 8 nitrogen and oxygen atoms in total. The summed E-state index contributed by atoms with van der Waals surface area (Å²) >= 11 is 0. The van der Waals surface area contributed by atoms with Crippen LogP contribution in [0.5, 0.6) is 0 Å². The normalized spacial score (nSPS) is 19.9. The molecule has 2 aromatic rings. The number of nitro benzene ring substituents is 1. The van der Waals surface area contributed by atoms with Gasteiger partial charge >= 0.3 is 0 Å². The lowest BCUT2D eigenvalue weighted by atomic mass is 9.92. The van der Waals surface area contributed by atoms with Gasteiger partial charge in [0.2, 0.25) is 5.91 Å². The van der Waals surface area contributed by atoms with Crippen molar-refractivity contribution in [2.45, 2.75) is 44.7 Å². The van der Waals surface area contributed by atoms with Crippen molar-refractivity contribution in [1.29, 1.82) is 0 Å². The lowest BCUT2D eigenvalue weighted by Gasteiger charge is -2.43. The number of piperazine rings is 1. The van der Waals surface area contributed by atoms with Crippen LogP contribution in [0.3, 0.4) is 0 Å². The van der Waals surface area contributed by atoms with Gasteiger partial charge in [0.1, 0.15) is 0 Å². The number of nitrogens with zero attached hydrogens (tertiary/aromatic N) is 4. The van der Waals surface area contributed by atoms with Crippen molar-refractivity contribution in [3.63, 3.8) is 0 Å². The molecule has 2 amide bonds. The maximum Gasteiger partial charge on any atom is 0.269 e. The Balaban J connectivity index is 1.26. The maximum absolute atomic E-state index is 13.9. The van der Waals surface area contributed by atoms with Crippen LogP contribution < -0.4 is 0 Å². The summed E-state index contributed by atoms with van der Waals surface area (Å²) in [5, 5.41) is 10.9. The number of carbonyl (C=O) groups is 2. The molecule has 1 saturated carbocycles. The average molecular weight is 477 g/mol. The first-order valence-corrected chi connectivity index (χ1v) is 12.6.